The molecule has 13 heteroatoms. The zero-order valence-electron chi connectivity index (χ0n) is 37.2. The molecular formula is C48H80O12S. The first-order valence-corrected chi connectivity index (χ1v) is 24.2. The van der Waals surface area contributed by atoms with E-state index < -0.39 is 59.8 Å². The molecule has 0 radical (unpaired) electrons. The molecular weight excluding hydrogens is 801 g/mol. The van der Waals surface area contributed by atoms with Crippen LogP contribution < -0.4 is 0 Å². The Morgan fingerprint density at radius 2 is 1.13 bits per heavy atom. The molecule has 4 N–H and O–H groups in total. The Labute approximate surface area is 368 Å². The predicted octanol–water partition coefficient (Wildman–Crippen LogP) is 9.68. The second-order valence-corrected chi connectivity index (χ2v) is 16.3. The summed E-state index contributed by atoms with van der Waals surface area (Å²) in [6, 6.07) is 0. The molecule has 12 nitrogen and oxygen atoms in total. The topological polar surface area (TPSA) is 178 Å². The smallest absolute Gasteiger partial charge is 0.397 e. The monoisotopic (exact) mass is 881 g/mol. The molecule has 0 aromatic heterocycles. The molecule has 1 fully saturated rings. The lowest BCUT2D eigenvalue weighted by Crippen LogP contribution is -2.60. The third-order valence-corrected chi connectivity index (χ3v) is 10.2. The summed E-state index contributed by atoms with van der Waals surface area (Å²) in [6.45, 7) is 3.70. The van der Waals surface area contributed by atoms with Crippen molar-refractivity contribution in [2.45, 2.75) is 185 Å². The quantitative estimate of drug-likeness (QED) is 0.0200. The standard InChI is InChI=1S/C48H80O12S/c1-3-5-7-9-11-13-15-17-19-20-21-22-24-26-28-30-32-34-36-38-56-40-42(41-57-48-46(52)47(60-61(53,54)55)45(51)43(39-49)59-48)58-44(50)37-35-33-31-29-27-25-23-18-16-14-12-10-8-6-4-2/h6,8,12-15,18-20,23,27,29,33,35,42-43,45-49,51-52H,3-5,7,9-11,16-17,21-22,24-26,28,30-32,34,36-41H2,1-2H3,(H,53,54,55)/b8-6-,14-12-,15-13-,20-19-,23-18-,29-27-,35-33-. The molecule has 1 aliphatic heterocycles. The van der Waals surface area contributed by atoms with Gasteiger partial charge in [0.05, 0.1) is 26.2 Å². The Hall–Kier alpha value is -2.72. The number of hydrogen-bond donors (Lipinski definition) is 4. The van der Waals surface area contributed by atoms with Crippen LogP contribution in [-0.2, 0) is 38.3 Å². The van der Waals surface area contributed by atoms with Crippen LogP contribution in [0.4, 0.5) is 0 Å². The second-order valence-electron chi connectivity index (χ2n) is 15.3. The highest BCUT2D eigenvalue weighted by Crippen LogP contribution is 2.26. The summed E-state index contributed by atoms with van der Waals surface area (Å²) in [6.07, 6.45) is 42.2. The fourth-order valence-electron chi connectivity index (χ4n) is 6.36. The van der Waals surface area contributed by atoms with E-state index in [9.17, 15) is 28.5 Å². The number of ether oxygens (including phenoxy) is 4. The molecule has 1 rings (SSSR count). The summed E-state index contributed by atoms with van der Waals surface area (Å²) < 4.78 is 58.9. The van der Waals surface area contributed by atoms with Crippen LogP contribution in [0, 0.1) is 0 Å². The lowest BCUT2D eigenvalue weighted by Gasteiger charge is -2.41. The molecule has 1 aliphatic rings. The second kappa shape index (κ2) is 38.9. The summed E-state index contributed by atoms with van der Waals surface area (Å²) in [5.41, 5.74) is 0. The van der Waals surface area contributed by atoms with E-state index >= 15 is 0 Å². The van der Waals surface area contributed by atoms with Gasteiger partial charge in [0.2, 0.25) is 0 Å². The number of unbranched alkanes of at least 4 members (excludes halogenated alkanes) is 12. The van der Waals surface area contributed by atoms with Crippen molar-refractivity contribution < 1.29 is 56.2 Å². The maximum Gasteiger partial charge on any atom is 0.397 e. The number of carbonyl (C=O) groups excluding carboxylic acids is 1. The lowest BCUT2D eigenvalue weighted by molar-refractivity contribution is -0.301. The van der Waals surface area contributed by atoms with Crippen molar-refractivity contribution in [1.29, 1.82) is 0 Å². The van der Waals surface area contributed by atoms with Crippen molar-refractivity contribution in [3.8, 4) is 0 Å². The Kier molecular flexibility index (Phi) is 35.9. The van der Waals surface area contributed by atoms with Gasteiger partial charge in [-0.3, -0.25) is 9.35 Å². The molecule has 6 unspecified atom stereocenters. The van der Waals surface area contributed by atoms with Crippen molar-refractivity contribution in [2.75, 3.05) is 26.4 Å². The van der Waals surface area contributed by atoms with Crippen molar-refractivity contribution in [2.24, 2.45) is 0 Å². The van der Waals surface area contributed by atoms with Crippen LogP contribution in [-0.4, -0.2) is 97.5 Å². The number of aliphatic hydroxyl groups excluding tert-OH is 3. The van der Waals surface area contributed by atoms with E-state index in [0.29, 0.717) is 13.0 Å². The van der Waals surface area contributed by atoms with Gasteiger partial charge in [-0.25, -0.2) is 4.18 Å². The van der Waals surface area contributed by atoms with Crippen molar-refractivity contribution in [3.05, 3.63) is 85.1 Å². The van der Waals surface area contributed by atoms with Gasteiger partial charge in [-0.2, -0.15) is 8.42 Å². The highest BCUT2D eigenvalue weighted by atomic mass is 32.3. The van der Waals surface area contributed by atoms with Gasteiger partial charge in [-0.05, 0) is 70.6 Å². The fraction of sp³-hybridized carbons (Fsp3) is 0.688. The van der Waals surface area contributed by atoms with E-state index in [4.69, 9.17) is 23.5 Å². The summed E-state index contributed by atoms with van der Waals surface area (Å²) in [4.78, 5) is 12.8. The molecule has 0 aromatic carbocycles. The molecule has 0 saturated carbocycles. The lowest BCUT2D eigenvalue weighted by atomic mass is 9.99. The highest BCUT2D eigenvalue weighted by Gasteiger charge is 2.48. The zero-order valence-corrected chi connectivity index (χ0v) is 38.0. The first-order chi connectivity index (χ1) is 29.6. The van der Waals surface area contributed by atoms with Crippen LogP contribution in [0.3, 0.4) is 0 Å². The van der Waals surface area contributed by atoms with Crippen LogP contribution >= 0.6 is 0 Å². The van der Waals surface area contributed by atoms with Crippen LogP contribution in [0.15, 0.2) is 85.1 Å². The van der Waals surface area contributed by atoms with E-state index in [2.05, 4.69) is 84.9 Å². The number of rotatable bonds is 38. The minimum Gasteiger partial charge on any atom is -0.457 e. The number of allylic oxidation sites excluding steroid dienone is 13. The molecule has 6 atom stereocenters. The van der Waals surface area contributed by atoms with Crippen LogP contribution in [0.25, 0.3) is 0 Å². The minimum absolute atomic E-state index is 0.00321. The van der Waals surface area contributed by atoms with Gasteiger partial charge in [-0.1, -0.05) is 157 Å². The normalized spacial score (nSPS) is 20.9. The van der Waals surface area contributed by atoms with E-state index in [1.54, 1.807) is 6.08 Å². The van der Waals surface area contributed by atoms with Crippen molar-refractivity contribution >= 4 is 16.4 Å². The van der Waals surface area contributed by atoms with Gasteiger partial charge in [0.1, 0.15) is 30.5 Å². The predicted molar refractivity (Wildman–Crippen MR) is 243 cm³/mol. The van der Waals surface area contributed by atoms with Gasteiger partial charge in [-0.15, -0.1) is 0 Å². The molecule has 0 bridgehead atoms. The number of aliphatic hydroxyl groups is 3. The number of esters is 1. The first-order valence-electron chi connectivity index (χ1n) is 22.8. The van der Waals surface area contributed by atoms with Gasteiger partial charge in [0.15, 0.2) is 6.29 Å². The van der Waals surface area contributed by atoms with Crippen LogP contribution in [0.2, 0.25) is 0 Å². The van der Waals surface area contributed by atoms with Gasteiger partial charge in [0.25, 0.3) is 0 Å². The molecule has 0 amide bonds. The molecule has 1 saturated heterocycles. The van der Waals surface area contributed by atoms with E-state index in [1.165, 1.54) is 57.8 Å². The summed E-state index contributed by atoms with van der Waals surface area (Å²) >= 11 is 0. The average Bonchev–Trinajstić information content (AvgIpc) is 3.23. The summed E-state index contributed by atoms with van der Waals surface area (Å²) in [5, 5.41) is 30.6. The average molecular weight is 881 g/mol. The Morgan fingerprint density at radius 1 is 0.639 bits per heavy atom. The Morgan fingerprint density at radius 3 is 1.66 bits per heavy atom. The largest absolute Gasteiger partial charge is 0.457 e. The first kappa shape index (κ1) is 56.3. The number of hydrogen-bond acceptors (Lipinski definition) is 11. The fourth-order valence-corrected chi connectivity index (χ4v) is 6.87. The minimum atomic E-state index is -5.08. The van der Waals surface area contributed by atoms with E-state index in [1.807, 2.05) is 12.2 Å². The van der Waals surface area contributed by atoms with Crippen LogP contribution in [0.1, 0.15) is 149 Å². The molecule has 0 aliphatic carbocycles. The molecule has 0 spiro atoms. The third kappa shape index (κ3) is 32.6. The van der Waals surface area contributed by atoms with Crippen molar-refractivity contribution in [3.63, 3.8) is 0 Å². The maximum atomic E-state index is 12.8. The van der Waals surface area contributed by atoms with Gasteiger partial charge < -0.3 is 34.3 Å². The van der Waals surface area contributed by atoms with E-state index in [-0.39, 0.29) is 19.6 Å². The molecule has 0 aromatic rings. The SMILES string of the molecule is CC/C=C\C/C=C\C/C=C\C/C=C\C/C=C\CC(=O)OC(COCCCCCCCCCC/C=C\C/C=C\CCCCCC)COC1OC(CO)C(O)C(OS(=O)(=O)O)C1O. The van der Waals surface area contributed by atoms with Crippen LogP contribution in [0.5, 0.6) is 0 Å². The molecule has 350 valence electrons. The zero-order chi connectivity index (χ0) is 44.7. The summed E-state index contributed by atoms with van der Waals surface area (Å²) in [5.74, 6) is -0.531. The Balaban J connectivity index is 2.48. The Bertz CT molecular complexity index is 1390. The van der Waals surface area contributed by atoms with Gasteiger partial charge in [0, 0.05) is 6.61 Å². The molecule has 1 heterocycles. The third-order valence-electron chi connectivity index (χ3n) is 9.78. The summed E-state index contributed by atoms with van der Waals surface area (Å²) in [7, 11) is -5.08. The van der Waals surface area contributed by atoms with Gasteiger partial charge >= 0.3 is 16.4 Å². The maximum absolute atomic E-state index is 12.8. The van der Waals surface area contributed by atoms with Crippen molar-refractivity contribution in [1.82, 2.24) is 0 Å². The highest BCUT2D eigenvalue weighted by molar-refractivity contribution is 7.80. The molecule has 61 heavy (non-hydrogen) atoms. The number of carbonyl (C=O) groups is 1. The van der Waals surface area contributed by atoms with E-state index in [0.717, 1.165) is 64.2 Å².